The van der Waals surface area contributed by atoms with E-state index >= 15 is 0 Å². The molecule has 0 spiro atoms. The lowest BCUT2D eigenvalue weighted by Crippen LogP contribution is -2.42. The van der Waals surface area contributed by atoms with Crippen molar-refractivity contribution in [2.45, 2.75) is 45.1 Å². The van der Waals surface area contributed by atoms with E-state index in [1.165, 1.54) is 18.3 Å². The summed E-state index contributed by atoms with van der Waals surface area (Å²) in [6.07, 6.45) is 4.55. The Bertz CT molecular complexity index is 1380. The summed E-state index contributed by atoms with van der Waals surface area (Å²) in [5.74, 6) is -5.16. The van der Waals surface area contributed by atoms with Crippen LogP contribution in [0.25, 0.3) is 11.0 Å². The lowest BCUT2D eigenvalue weighted by atomic mass is 9.70. The smallest absolute Gasteiger partial charge is 0.282 e. The number of anilines is 1. The molecular weight excluding hydrogens is 461 g/mol. The number of hydrogen-bond acceptors (Lipinski definition) is 5. The molecule has 3 aromatic rings. The fraction of sp³-hybridized carbons (Fsp3) is 0.400. The van der Waals surface area contributed by atoms with Gasteiger partial charge in [-0.3, -0.25) is 19.1 Å². The van der Waals surface area contributed by atoms with Crippen LogP contribution in [-0.2, 0) is 13.0 Å². The Morgan fingerprint density at radius 2 is 1.97 bits per heavy atom. The molecule has 1 aliphatic heterocycles. The minimum absolute atomic E-state index is 0.00629. The second kappa shape index (κ2) is 8.28. The van der Waals surface area contributed by atoms with Gasteiger partial charge in [-0.25, -0.2) is 13.2 Å². The Hall–Kier alpha value is -3.56. The number of pyridine rings is 2. The highest BCUT2D eigenvalue weighted by Gasteiger charge is 2.37. The first kappa shape index (κ1) is 23.2. The van der Waals surface area contributed by atoms with E-state index in [0.717, 1.165) is 23.8 Å². The molecule has 184 valence electrons. The van der Waals surface area contributed by atoms with E-state index in [2.05, 4.69) is 15.6 Å². The number of aromatic nitrogens is 2. The van der Waals surface area contributed by atoms with Gasteiger partial charge in [0.1, 0.15) is 16.9 Å². The molecule has 0 radical (unpaired) electrons. The Balaban J connectivity index is 1.63. The molecular formula is C25H25F3N4O3. The second-order valence-electron chi connectivity index (χ2n) is 9.83. The van der Waals surface area contributed by atoms with E-state index in [9.17, 15) is 27.9 Å². The number of aromatic hydroxyl groups is 1. The van der Waals surface area contributed by atoms with Crippen molar-refractivity contribution in [1.29, 1.82) is 0 Å². The monoisotopic (exact) mass is 486 g/mol. The highest BCUT2D eigenvalue weighted by Crippen LogP contribution is 2.40. The van der Waals surface area contributed by atoms with Gasteiger partial charge in [0, 0.05) is 24.7 Å². The number of amides is 1. The molecule has 1 amide bonds. The van der Waals surface area contributed by atoms with Gasteiger partial charge in [-0.15, -0.1) is 0 Å². The minimum Gasteiger partial charge on any atom is -0.505 e. The van der Waals surface area contributed by atoms with Crippen molar-refractivity contribution < 1.29 is 23.1 Å². The van der Waals surface area contributed by atoms with Crippen LogP contribution in [0.1, 0.15) is 47.7 Å². The van der Waals surface area contributed by atoms with E-state index < -0.39 is 47.6 Å². The first-order chi connectivity index (χ1) is 16.6. The summed E-state index contributed by atoms with van der Waals surface area (Å²) >= 11 is 0. The van der Waals surface area contributed by atoms with Crippen molar-refractivity contribution in [1.82, 2.24) is 14.9 Å². The highest BCUT2D eigenvalue weighted by molar-refractivity contribution is 6.04. The lowest BCUT2D eigenvalue weighted by Gasteiger charge is -2.38. The maximum atomic E-state index is 14.7. The van der Waals surface area contributed by atoms with Crippen LogP contribution in [0.3, 0.4) is 0 Å². The highest BCUT2D eigenvalue weighted by atomic mass is 19.3. The first-order valence-corrected chi connectivity index (χ1v) is 11.5. The summed E-state index contributed by atoms with van der Waals surface area (Å²) in [5, 5.41) is 16.3. The van der Waals surface area contributed by atoms with Gasteiger partial charge >= 0.3 is 0 Å². The molecule has 0 saturated heterocycles. The zero-order valence-electron chi connectivity index (χ0n) is 19.1. The molecule has 3 N–H and O–H groups in total. The number of benzene rings is 1. The van der Waals surface area contributed by atoms with Gasteiger partial charge in [-0.1, -0.05) is 25.5 Å². The first-order valence-electron chi connectivity index (χ1n) is 11.5. The average Bonchev–Trinajstić information content (AvgIpc) is 2.94. The quantitative estimate of drug-likeness (QED) is 0.510. The molecule has 1 aromatic carbocycles. The largest absolute Gasteiger partial charge is 0.505 e. The number of alkyl halides is 2. The predicted molar refractivity (Wildman–Crippen MR) is 125 cm³/mol. The van der Waals surface area contributed by atoms with Crippen molar-refractivity contribution in [3.05, 3.63) is 63.3 Å². The van der Waals surface area contributed by atoms with Crippen LogP contribution in [0.15, 0.2) is 35.3 Å². The SMILES string of the molecule is CC1(CNC(=O)c2c(O)c3ncc(Cc4ccc(F)cc4)c4c3n(c2=O)CC(F)(F)CN4)CCC1. The van der Waals surface area contributed by atoms with Crippen LogP contribution in [0, 0.1) is 11.2 Å². The minimum atomic E-state index is -3.30. The molecule has 1 saturated carbocycles. The average molecular weight is 486 g/mol. The number of nitrogens with zero attached hydrogens (tertiary/aromatic N) is 2. The van der Waals surface area contributed by atoms with Gasteiger partial charge in [-0.05, 0) is 36.0 Å². The fourth-order valence-corrected chi connectivity index (χ4v) is 4.78. The van der Waals surface area contributed by atoms with Gasteiger partial charge in [0.05, 0.1) is 24.3 Å². The van der Waals surface area contributed by atoms with Crippen LogP contribution in [0.4, 0.5) is 18.9 Å². The summed E-state index contributed by atoms with van der Waals surface area (Å²) in [5.41, 5.74) is -0.372. The van der Waals surface area contributed by atoms with E-state index in [-0.39, 0.29) is 28.6 Å². The molecule has 0 unspecified atom stereocenters. The number of halogens is 3. The summed E-state index contributed by atoms with van der Waals surface area (Å²) < 4.78 is 43.5. The zero-order chi connectivity index (χ0) is 25.0. The number of carbonyl (C=O) groups is 1. The van der Waals surface area contributed by atoms with Crippen LogP contribution in [0.2, 0.25) is 0 Å². The molecule has 7 nitrogen and oxygen atoms in total. The number of carbonyl (C=O) groups excluding carboxylic acids is 1. The third kappa shape index (κ3) is 4.21. The maximum Gasteiger partial charge on any atom is 0.282 e. The number of hydrogen-bond donors (Lipinski definition) is 3. The fourth-order valence-electron chi connectivity index (χ4n) is 4.78. The van der Waals surface area contributed by atoms with Gasteiger partial charge in [0.25, 0.3) is 17.4 Å². The standard InChI is InChI=1S/C25H25F3N4O3/c1-24(7-2-8-24)11-31-22(34)17-21(33)19-20-18(30-12-25(27,28)13-32(20)23(17)35)15(10-29-19)9-14-3-5-16(26)6-4-14/h3-6,10,30,33H,2,7-9,11-13H2,1H3,(H,31,34). The lowest BCUT2D eigenvalue weighted by molar-refractivity contribution is -0.000939. The van der Waals surface area contributed by atoms with Gasteiger partial charge in [0.15, 0.2) is 5.75 Å². The molecule has 0 bridgehead atoms. The Morgan fingerprint density at radius 1 is 1.26 bits per heavy atom. The normalized spacial score (nSPS) is 17.8. The van der Waals surface area contributed by atoms with Crippen LogP contribution >= 0.6 is 0 Å². The van der Waals surface area contributed by atoms with Crippen molar-refractivity contribution in [3.8, 4) is 5.75 Å². The van der Waals surface area contributed by atoms with Gasteiger partial charge < -0.3 is 15.7 Å². The Morgan fingerprint density at radius 3 is 2.63 bits per heavy atom. The third-order valence-electron chi connectivity index (χ3n) is 7.01. The zero-order valence-corrected chi connectivity index (χ0v) is 19.1. The maximum absolute atomic E-state index is 14.7. The summed E-state index contributed by atoms with van der Waals surface area (Å²) in [6, 6.07) is 5.72. The van der Waals surface area contributed by atoms with Gasteiger partial charge in [0.2, 0.25) is 0 Å². The summed E-state index contributed by atoms with van der Waals surface area (Å²) in [7, 11) is 0. The van der Waals surface area contributed by atoms with Gasteiger partial charge in [-0.2, -0.15) is 0 Å². The molecule has 35 heavy (non-hydrogen) atoms. The van der Waals surface area contributed by atoms with E-state index in [1.54, 1.807) is 12.1 Å². The second-order valence-corrected chi connectivity index (χ2v) is 9.83. The molecule has 5 rings (SSSR count). The van der Waals surface area contributed by atoms with E-state index in [0.29, 0.717) is 17.7 Å². The summed E-state index contributed by atoms with van der Waals surface area (Å²) in [6.45, 7) is 0.614. The number of rotatable bonds is 5. The molecule has 0 atom stereocenters. The molecule has 10 heteroatoms. The predicted octanol–water partition coefficient (Wildman–Crippen LogP) is 3.81. The molecule has 2 aliphatic rings. The molecule has 1 aliphatic carbocycles. The van der Waals surface area contributed by atoms with Crippen LogP contribution in [0.5, 0.6) is 5.75 Å². The van der Waals surface area contributed by atoms with Crippen molar-refractivity contribution in [3.63, 3.8) is 0 Å². The van der Waals surface area contributed by atoms with E-state index in [1.807, 2.05) is 6.92 Å². The molecule has 3 heterocycles. The topological polar surface area (TPSA) is 96.2 Å². The molecule has 2 aromatic heterocycles. The van der Waals surface area contributed by atoms with Crippen molar-refractivity contribution in [2.24, 2.45) is 5.41 Å². The van der Waals surface area contributed by atoms with E-state index in [4.69, 9.17) is 0 Å². The van der Waals surface area contributed by atoms with Crippen LogP contribution in [-0.4, -0.2) is 39.6 Å². The van der Waals surface area contributed by atoms with Crippen molar-refractivity contribution in [2.75, 3.05) is 18.4 Å². The molecule has 1 fully saturated rings. The Labute approximate surface area is 199 Å². The van der Waals surface area contributed by atoms with Crippen molar-refractivity contribution >= 4 is 22.6 Å². The Kier molecular flexibility index (Phi) is 5.49. The number of nitrogens with one attached hydrogen (secondary N) is 2. The van der Waals surface area contributed by atoms with Crippen LogP contribution < -0.4 is 16.2 Å². The summed E-state index contributed by atoms with van der Waals surface area (Å²) in [4.78, 5) is 30.5. The third-order valence-corrected chi connectivity index (χ3v) is 7.01.